The quantitative estimate of drug-likeness (QED) is 0.767. The van der Waals surface area contributed by atoms with E-state index in [1.165, 1.54) is 0 Å². The molecule has 0 amide bonds. The number of piperidine rings is 1. The van der Waals surface area contributed by atoms with Crippen molar-refractivity contribution in [3.05, 3.63) is 23.8 Å². The largest absolute Gasteiger partial charge is 0.492 e. The average molecular weight is 397 g/mol. The molecule has 2 fully saturated rings. The molecule has 6 nitrogen and oxygen atoms in total. The fourth-order valence-electron chi connectivity index (χ4n) is 3.98. The molecule has 27 heavy (non-hydrogen) atoms. The molecule has 0 bridgehead atoms. The van der Waals surface area contributed by atoms with Gasteiger partial charge in [-0.3, -0.25) is 0 Å². The lowest BCUT2D eigenvalue weighted by Crippen LogP contribution is -2.45. The van der Waals surface area contributed by atoms with E-state index in [4.69, 9.17) is 9.47 Å². The van der Waals surface area contributed by atoms with Gasteiger partial charge in [-0.25, -0.2) is 13.1 Å². The summed E-state index contributed by atoms with van der Waals surface area (Å²) in [5.74, 6) is 0.807. The summed E-state index contributed by atoms with van der Waals surface area (Å²) in [6, 6.07) is 5.93. The van der Waals surface area contributed by atoms with Crippen LogP contribution in [0.2, 0.25) is 0 Å². The topological polar surface area (TPSA) is 67.9 Å². The maximum Gasteiger partial charge on any atom is 0.244 e. The Bertz CT molecular complexity index is 709. The molecule has 0 saturated carbocycles. The van der Waals surface area contributed by atoms with Crippen LogP contribution in [-0.2, 0) is 14.8 Å². The molecule has 3 rings (SSSR count). The van der Waals surface area contributed by atoms with Crippen LogP contribution in [-0.4, -0.2) is 58.8 Å². The van der Waals surface area contributed by atoms with Crippen LogP contribution >= 0.6 is 0 Å². The summed E-state index contributed by atoms with van der Waals surface area (Å²) in [4.78, 5) is 2.80. The number of nitrogens with one attached hydrogen (secondary N) is 1. The van der Waals surface area contributed by atoms with Crippen LogP contribution in [0.1, 0.15) is 38.2 Å². The number of aryl methyl sites for hydroxylation is 1. The highest BCUT2D eigenvalue weighted by Gasteiger charge is 2.28. The third kappa shape index (κ3) is 5.44. The summed E-state index contributed by atoms with van der Waals surface area (Å²) < 4.78 is 39.4. The van der Waals surface area contributed by atoms with Crippen molar-refractivity contribution in [3.63, 3.8) is 0 Å². The smallest absolute Gasteiger partial charge is 0.244 e. The van der Waals surface area contributed by atoms with Crippen LogP contribution in [0.15, 0.2) is 23.1 Å². The van der Waals surface area contributed by atoms with E-state index >= 15 is 0 Å². The van der Waals surface area contributed by atoms with Crippen molar-refractivity contribution < 1.29 is 17.9 Å². The van der Waals surface area contributed by atoms with Crippen molar-refractivity contribution in [1.29, 1.82) is 0 Å². The van der Waals surface area contributed by atoms with E-state index in [9.17, 15) is 8.42 Å². The molecule has 2 aliphatic heterocycles. The van der Waals surface area contributed by atoms with Gasteiger partial charge in [0.2, 0.25) is 10.0 Å². The SMILES string of the molecule is CCOc1ccc(C)cc1S(=O)(=O)NCC1CCN(C2CCOCC2)CC1. The second-order valence-electron chi connectivity index (χ2n) is 7.56. The van der Waals surface area contributed by atoms with Gasteiger partial charge in [0.05, 0.1) is 6.61 Å². The number of rotatable bonds is 7. The highest BCUT2D eigenvalue weighted by Crippen LogP contribution is 2.26. The first-order valence-corrected chi connectivity index (χ1v) is 11.5. The van der Waals surface area contributed by atoms with Gasteiger partial charge in [0.15, 0.2) is 0 Å². The van der Waals surface area contributed by atoms with Crippen LogP contribution in [0, 0.1) is 12.8 Å². The Morgan fingerprint density at radius 2 is 1.89 bits per heavy atom. The Labute approximate surface area is 163 Å². The summed E-state index contributed by atoms with van der Waals surface area (Å²) in [6.07, 6.45) is 4.30. The second-order valence-corrected chi connectivity index (χ2v) is 9.29. The highest BCUT2D eigenvalue weighted by molar-refractivity contribution is 7.89. The van der Waals surface area contributed by atoms with E-state index in [1.54, 1.807) is 12.1 Å². The van der Waals surface area contributed by atoms with E-state index < -0.39 is 10.0 Å². The van der Waals surface area contributed by atoms with Gasteiger partial charge in [-0.05, 0) is 76.2 Å². The van der Waals surface area contributed by atoms with Crippen molar-refractivity contribution in [2.45, 2.75) is 50.5 Å². The Morgan fingerprint density at radius 1 is 1.19 bits per heavy atom. The first-order chi connectivity index (χ1) is 13.0. The lowest BCUT2D eigenvalue weighted by Gasteiger charge is -2.39. The fraction of sp³-hybridized carbons (Fsp3) is 0.700. The number of sulfonamides is 1. The van der Waals surface area contributed by atoms with E-state index in [-0.39, 0.29) is 4.90 Å². The molecule has 0 unspecified atom stereocenters. The van der Waals surface area contributed by atoms with Crippen LogP contribution in [0.25, 0.3) is 0 Å². The molecule has 0 radical (unpaired) electrons. The molecule has 1 aromatic rings. The predicted octanol–water partition coefficient (Wildman–Crippen LogP) is 2.56. The molecule has 152 valence electrons. The lowest BCUT2D eigenvalue weighted by molar-refractivity contribution is 0.0214. The summed E-state index contributed by atoms with van der Waals surface area (Å²) in [5.41, 5.74) is 0.906. The summed E-state index contributed by atoms with van der Waals surface area (Å²) in [6.45, 7) is 8.50. The summed E-state index contributed by atoms with van der Waals surface area (Å²) >= 11 is 0. The van der Waals surface area contributed by atoms with Gasteiger partial charge < -0.3 is 14.4 Å². The maximum atomic E-state index is 12.8. The minimum atomic E-state index is -3.57. The number of ether oxygens (including phenoxy) is 2. The Morgan fingerprint density at radius 3 is 2.56 bits per heavy atom. The number of nitrogens with zero attached hydrogens (tertiary/aromatic N) is 1. The van der Waals surface area contributed by atoms with Crippen LogP contribution in [0.4, 0.5) is 0 Å². The Hall–Kier alpha value is -1.15. The molecule has 2 aliphatic rings. The zero-order valence-electron chi connectivity index (χ0n) is 16.4. The first-order valence-electron chi connectivity index (χ1n) is 10.0. The predicted molar refractivity (Wildman–Crippen MR) is 106 cm³/mol. The second kappa shape index (κ2) is 9.37. The number of hydrogen-bond donors (Lipinski definition) is 1. The Balaban J connectivity index is 1.55. The summed E-state index contributed by atoms with van der Waals surface area (Å²) in [7, 11) is -3.57. The van der Waals surface area contributed by atoms with Gasteiger partial charge >= 0.3 is 0 Å². The van der Waals surface area contributed by atoms with E-state index in [0.29, 0.717) is 30.9 Å². The molecule has 1 aromatic carbocycles. The number of likely N-dealkylation sites (tertiary alicyclic amines) is 1. The van der Waals surface area contributed by atoms with Crippen molar-refractivity contribution in [3.8, 4) is 5.75 Å². The third-order valence-corrected chi connectivity index (χ3v) is 7.05. The molecule has 1 N–H and O–H groups in total. The minimum Gasteiger partial charge on any atom is -0.492 e. The molecule has 0 aromatic heterocycles. The van der Waals surface area contributed by atoms with Crippen molar-refractivity contribution in [2.24, 2.45) is 5.92 Å². The first kappa shape index (κ1) is 20.6. The number of hydrogen-bond acceptors (Lipinski definition) is 5. The molecule has 7 heteroatoms. The van der Waals surface area contributed by atoms with E-state index in [2.05, 4.69) is 9.62 Å². The van der Waals surface area contributed by atoms with Crippen LogP contribution in [0.3, 0.4) is 0 Å². The fourth-order valence-corrected chi connectivity index (χ4v) is 5.32. The van der Waals surface area contributed by atoms with Crippen LogP contribution in [0.5, 0.6) is 5.75 Å². The van der Waals surface area contributed by atoms with Gasteiger partial charge in [-0.15, -0.1) is 0 Å². The molecule has 2 saturated heterocycles. The van der Waals surface area contributed by atoms with Gasteiger partial charge in [-0.1, -0.05) is 6.07 Å². The molecule has 0 atom stereocenters. The zero-order valence-corrected chi connectivity index (χ0v) is 17.3. The zero-order chi connectivity index (χ0) is 19.3. The van der Waals surface area contributed by atoms with Crippen LogP contribution < -0.4 is 9.46 Å². The van der Waals surface area contributed by atoms with E-state index in [1.807, 2.05) is 19.9 Å². The summed E-state index contributed by atoms with van der Waals surface area (Å²) in [5, 5.41) is 0. The molecule has 2 heterocycles. The molecule has 0 aliphatic carbocycles. The maximum absolute atomic E-state index is 12.8. The minimum absolute atomic E-state index is 0.240. The third-order valence-electron chi connectivity index (χ3n) is 5.61. The van der Waals surface area contributed by atoms with Gasteiger partial charge in [0.25, 0.3) is 0 Å². The molecular weight excluding hydrogens is 364 g/mol. The lowest BCUT2D eigenvalue weighted by atomic mass is 9.94. The van der Waals surface area contributed by atoms with Crippen molar-refractivity contribution >= 4 is 10.0 Å². The standard InChI is InChI=1S/C20H32N2O4S/c1-3-26-19-5-4-16(2)14-20(19)27(23,24)21-15-17-6-10-22(11-7-17)18-8-12-25-13-9-18/h4-5,14,17-18,21H,3,6-13,15H2,1-2H3. The normalized spacial score (nSPS) is 20.7. The molecule has 0 spiro atoms. The Kier molecular flexibility index (Phi) is 7.14. The van der Waals surface area contributed by atoms with Crippen molar-refractivity contribution in [1.82, 2.24) is 9.62 Å². The molecular formula is C20H32N2O4S. The van der Waals surface area contributed by atoms with Gasteiger partial charge in [0, 0.05) is 25.8 Å². The van der Waals surface area contributed by atoms with Crippen molar-refractivity contribution in [2.75, 3.05) is 39.5 Å². The van der Waals surface area contributed by atoms with E-state index in [0.717, 1.165) is 57.6 Å². The highest BCUT2D eigenvalue weighted by atomic mass is 32.2. The van der Waals surface area contributed by atoms with Gasteiger partial charge in [0.1, 0.15) is 10.6 Å². The average Bonchev–Trinajstić information content (AvgIpc) is 2.69. The van der Waals surface area contributed by atoms with Gasteiger partial charge in [-0.2, -0.15) is 0 Å². The monoisotopic (exact) mass is 396 g/mol. The number of benzene rings is 1.